The number of rotatable bonds is 7. The van der Waals surface area contributed by atoms with Crippen molar-refractivity contribution in [1.82, 2.24) is 4.98 Å². The molecule has 1 unspecified atom stereocenters. The first-order valence-electron chi connectivity index (χ1n) is 7.10. The molecule has 112 valence electrons. The second-order valence-electron chi connectivity index (χ2n) is 4.73. The van der Waals surface area contributed by atoms with Gasteiger partial charge in [0, 0.05) is 11.8 Å². The molecular weight excluding hydrogens is 284 g/mol. The predicted octanol–water partition coefficient (Wildman–Crippen LogP) is 3.81. The lowest BCUT2D eigenvalue weighted by Crippen LogP contribution is -2.07. The molecule has 0 saturated carbocycles. The third-order valence-electron chi connectivity index (χ3n) is 3.08. The maximum Gasteiger partial charge on any atom is 0.306 e. The Hall–Kier alpha value is -1.88. The number of ether oxygens (including phenoxy) is 1. The van der Waals surface area contributed by atoms with Crippen molar-refractivity contribution < 1.29 is 9.53 Å². The van der Waals surface area contributed by atoms with Gasteiger partial charge in [0.15, 0.2) is 5.13 Å². The van der Waals surface area contributed by atoms with Gasteiger partial charge in [0.05, 0.1) is 24.8 Å². The number of nitrogens with zero attached hydrogens (tertiary/aromatic N) is 1. The summed E-state index contributed by atoms with van der Waals surface area (Å²) in [5, 5.41) is 6.25. The average Bonchev–Trinajstić information content (AvgIpc) is 2.94. The summed E-state index contributed by atoms with van der Waals surface area (Å²) in [6.45, 7) is 4.35. The Morgan fingerprint density at radius 2 is 2.14 bits per heavy atom. The van der Waals surface area contributed by atoms with Gasteiger partial charge in [0.2, 0.25) is 0 Å². The molecule has 1 aromatic carbocycles. The molecule has 0 amide bonds. The Morgan fingerprint density at radius 1 is 1.38 bits per heavy atom. The molecule has 0 spiro atoms. The monoisotopic (exact) mass is 304 g/mol. The summed E-state index contributed by atoms with van der Waals surface area (Å²) >= 11 is 1.56. The van der Waals surface area contributed by atoms with Crippen LogP contribution in [0.5, 0.6) is 0 Å². The van der Waals surface area contributed by atoms with E-state index in [0.29, 0.717) is 19.4 Å². The predicted molar refractivity (Wildman–Crippen MR) is 85.5 cm³/mol. The lowest BCUT2D eigenvalue weighted by Gasteiger charge is -2.12. The standard InChI is InChI=1S/C16H20N2O2S/c1-3-20-15(19)10-9-14-11-21-16(18-14)17-12(2)13-7-5-4-6-8-13/h4-8,11-12H,3,9-10H2,1-2H3,(H,17,18). The van der Waals surface area contributed by atoms with Crippen molar-refractivity contribution in [1.29, 1.82) is 0 Å². The molecule has 0 aliphatic carbocycles. The highest BCUT2D eigenvalue weighted by Gasteiger charge is 2.09. The van der Waals surface area contributed by atoms with Crippen molar-refractivity contribution in [2.75, 3.05) is 11.9 Å². The average molecular weight is 304 g/mol. The molecule has 0 bridgehead atoms. The third-order valence-corrected chi connectivity index (χ3v) is 3.90. The van der Waals surface area contributed by atoms with E-state index in [9.17, 15) is 4.79 Å². The molecule has 2 aromatic rings. The van der Waals surface area contributed by atoms with Gasteiger partial charge in [-0.05, 0) is 19.4 Å². The van der Waals surface area contributed by atoms with Crippen molar-refractivity contribution >= 4 is 22.4 Å². The molecule has 0 saturated heterocycles. The quantitative estimate of drug-likeness (QED) is 0.790. The van der Waals surface area contributed by atoms with Gasteiger partial charge in [0.1, 0.15) is 0 Å². The van der Waals surface area contributed by atoms with Crippen LogP contribution in [0, 0.1) is 0 Å². The number of aryl methyl sites for hydroxylation is 1. The molecule has 5 heteroatoms. The lowest BCUT2D eigenvalue weighted by atomic mass is 10.1. The Kier molecular flexibility index (Phi) is 5.75. The molecule has 0 aliphatic heterocycles. The molecular formula is C16H20N2O2S. The molecule has 1 N–H and O–H groups in total. The number of benzene rings is 1. The van der Waals surface area contributed by atoms with Gasteiger partial charge in [-0.1, -0.05) is 30.3 Å². The third kappa shape index (κ3) is 4.86. The van der Waals surface area contributed by atoms with Gasteiger partial charge >= 0.3 is 5.97 Å². The fraction of sp³-hybridized carbons (Fsp3) is 0.375. The molecule has 4 nitrogen and oxygen atoms in total. The Balaban J connectivity index is 1.87. The van der Waals surface area contributed by atoms with Crippen LogP contribution in [0.25, 0.3) is 0 Å². The highest BCUT2D eigenvalue weighted by molar-refractivity contribution is 7.13. The van der Waals surface area contributed by atoms with E-state index in [1.165, 1.54) is 5.56 Å². The normalized spacial score (nSPS) is 11.9. The minimum Gasteiger partial charge on any atom is -0.466 e. The molecule has 0 fully saturated rings. The molecule has 0 aliphatic rings. The van der Waals surface area contributed by atoms with Crippen LogP contribution in [0.4, 0.5) is 5.13 Å². The minimum absolute atomic E-state index is 0.169. The van der Waals surface area contributed by atoms with Crippen LogP contribution in [0.1, 0.15) is 37.6 Å². The van der Waals surface area contributed by atoms with Gasteiger partial charge in [0.25, 0.3) is 0 Å². The summed E-state index contributed by atoms with van der Waals surface area (Å²) < 4.78 is 4.91. The van der Waals surface area contributed by atoms with Crippen molar-refractivity contribution in [3.05, 3.63) is 47.0 Å². The molecule has 1 aromatic heterocycles. The Bertz CT molecular complexity index is 569. The zero-order valence-corrected chi connectivity index (χ0v) is 13.2. The maximum absolute atomic E-state index is 11.3. The number of aromatic nitrogens is 1. The smallest absolute Gasteiger partial charge is 0.306 e. The van der Waals surface area contributed by atoms with Crippen LogP contribution < -0.4 is 5.32 Å². The number of hydrogen-bond acceptors (Lipinski definition) is 5. The molecule has 0 radical (unpaired) electrons. The van der Waals surface area contributed by atoms with Crippen LogP contribution in [0.2, 0.25) is 0 Å². The fourth-order valence-electron chi connectivity index (χ4n) is 1.96. The zero-order valence-electron chi connectivity index (χ0n) is 12.3. The van der Waals surface area contributed by atoms with E-state index in [4.69, 9.17) is 4.74 Å². The van der Waals surface area contributed by atoms with Gasteiger partial charge < -0.3 is 10.1 Å². The van der Waals surface area contributed by atoms with Crippen LogP contribution in [-0.4, -0.2) is 17.6 Å². The molecule has 21 heavy (non-hydrogen) atoms. The van der Waals surface area contributed by atoms with E-state index in [1.54, 1.807) is 11.3 Å². The van der Waals surface area contributed by atoms with Crippen molar-refractivity contribution in [2.24, 2.45) is 0 Å². The summed E-state index contributed by atoms with van der Waals surface area (Å²) in [5.74, 6) is -0.169. The van der Waals surface area contributed by atoms with Crippen molar-refractivity contribution in [3.63, 3.8) is 0 Å². The summed E-state index contributed by atoms with van der Waals surface area (Å²) in [7, 11) is 0. The summed E-state index contributed by atoms with van der Waals surface area (Å²) in [6, 6.07) is 10.4. The highest BCUT2D eigenvalue weighted by Crippen LogP contribution is 2.22. The number of esters is 1. The van der Waals surface area contributed by atoms with Gasteiger partial charge in [-0.15, -0.1) is 11.3 Å². The maximum atomic E-state index is 11.3. The summed E-state index contributed by atoms with van der Waals surface area (Å²) in [4.78, 5) is 15.8. The zero-order chi connectivity index (χ0) is 15.1. The Morgan fingerprint density at radius 3 is 2.86 bits per heavy atom. The van der Waals surface area contributed by atoms with E-state index < -0.39 is 0 Å². The highest BCUT2D eigenvalue weighted by atomic mass is 32.1. The van der Waals surface area contributed by atoms with E-state index in [-0.39, 0.29) is 12.0 Å². The van der Waals surface area contributed by atoms with Gasteiger partial charge in [-0.3, -0.25) is 4.79 Å². The fourth-order valence-corrected chi connectivity index (χ4v) is 2.79. The van der Waals surface area contributed by atoms with Crippen LogP contribution in [0.3, 0.4) is 0 Å². The van der Waals surface area contributed by atoms with E-state index in [0.717, 1.165) is 10.8 Å². The Labute approximate surface area is 129 Å². The van der Waals surface area contributed by atoms with E-state index in [1.807, 2.05) is 30.5 Å². The van der Waals surface area contributed by atoms with E-state index >= 15 is 0 Å². The lowest BCUT2D eigenvalue weighted by molar-refractivity contribution is -0.143. The van der Waals surface area contributed by atoms with Crippen LogP contribution >= 0.6 is 11.3 Å². The summed E-state index contributed by atoms with van der Waals surface area (Å²) in [5.41, 5.74) is 2.15. The van der Waals surface area contributed by atoms with Gasteiger partial charge in [-0.2, -0.15) is 0 Å². The minimum atomic E-state index is -0.169. The molecule has 1 atom stereocenters. The van der Waals surface area contributed by atoms with Gasteiger partial charge in [-0.25, -0.2) is 4.98 Å². The number of nitrogens with one attached hydrogen (secondary N) is 1. The molecule has 1 heterocycles. The van der Waals surface area contributed by atoms with Crippen molar-refractivity contribution in [3.8, 4) is 0 Å². The first-order chi connectivity index (χ1) is 10.2. The first kappa shape index (κ1) is 15.5. The second-order valence-corrected chi connectivity index (χ2v) is 5.58. The van der Waals surface area contributed by atoms with Crippen LogP contribution in [0.15, 0.2) is 35.7 Å². The number of anilines is 1. The first-order valence-corrected chi connectivity index (χ1v) is 7.98. The number of carbonyl (C=O) groups is 1. The number of hydrogen-bond donors (Lipinski definition) is 1. The van der Waals surface area contributed by atoms with E-state index in [2.05, 4.69) is 29.4 Å². The molecule has 2 rings (SSSR count). The second kappa shape index (κ2) is 7.78. The van der Waals surface area contributed by atoms with Crippen molar-refractivity contribution in [2.45, 2.75) is 32.7 Å². The topological polar surface area (TPSA) is 51.2 Å². The number of thiazole rings is 1. The SMILES string of the molecule is CCOC(=O)CCc1csc(NC(C)c2ccccc2)n1. The largest absolute Gasteiger partial charge is 0.466 e. The summed E-state index contributed by atoms with van der Waals surface area (Å²) in [6.07, 6.45) is 1.00. The number of carbonyl (C=O) groups excluding carboxylic acids is 1. The van der Waals surface area contributed by atoms with Crippen LogP contribution in [-0.2, 0) is 16.0 Å².